The molecule has 0 aliphatic carbocycles. The van der Waals surface area contributed by atoms with E-state index in [4.69, 9.17) is 0 Å². The number of amides is 1. The number of hydrogen-bond donors (Lipinski definition) is 1. The van der Waals surface area contributed by atoms with Crippen LogP contribution < -0.4 is 10.2 Å². The van der Waals surface area contributed by atoms with Crippen LogP contribution in [-0.2, 0) is 11.2 Å². The number of rotatable bonds is 3. The standard InChI is InChI=1S/C14H22N4O/c1-5-10-6-15-13(16-7-10)18-8-11(9-18)12(19)17-14(2,3)4/h6-7,11H,5,8-9H2,1-4H3,(H,17,19). The minimum absolute atomic E-state index is 0.0497. The number of carbonyl (C=O) groups is 1. The fourth-order valence-electron chi connectivity index (χ4n) is 1.97. The van der Waals surface area contributed by atoms with Crippen molar-refractivity contribution in [3.8, 4) is 0 Å². The smallest absolute Gasteiger partial charge is 0.227 e. The molecule has 2 rings (SSSR count). The van der Waals surface area contributed by atoms with Crippen molar-refractivity contribution in [2.75, 3.05) is 18.0 Å². The van der Waals surface area contributed by atoms with Crippen LogP contribution in [0, 0.1) is 5.92 Å². The molecule has 0 saturated carbocycles. The number of nitrogens with one attached hydrogen (secondary N) is 1. The van der Waals surface area contributed by atoms with E-state index in [-0.39, 0.29) is 17.4 Å². The van der Waals surface area contributed by atoms with E-state index in [1.807, 2.05) is 38.1 Å². The van der Waals surface area contributed by atoms with Crippen molar-refractivity contribution in [1.82, 2.24) is 15.3 Å². The average Bonchev–Trinajstić information content (AvgIpc) is 2.25. The van der Waals surface area contributed by atoms with E-state index in [0.29, 0.717) is 13.1 Å². The quantitative estimate of drug-likeness (QED) is 0.894. The Bertz CT molecular complexity index is 444. The van der Waals surface area contributed by atoms with Gasteiger partial charge in [0.05, 0.1) is 5.92 Å². The van der Waals surface area contributed by atoms with Gasteiger partial charge in [0.25, 0.3) is 0 Å². The predicted molar refractivity (Wildman–Crippen MR) is 75.0 cm³/mol. The van der Waals surface area contributed by atoms with Gasteiger partial charge >= 0.3 is 0 Å². The average molecular weight is 262 g/mol. The third kappa shape index (κ3) is 3.43. The summed E-state index contributed by atoms with van der Waals surface area (Å²) < 4.78 is 0. The molecule has 1 aromatic rings. The van der Waals surface area contributed by atoms with Gasteiger partial charge in [0.15, 0.2) is 0 Å². The van der Waals surface area contributed by atoms with Crippen molar-refractivity contribution in [2.24, 2.45) is 5.92 Å². The second-order valence-electron chi connectivity index (χ2n) is 6.09. The van der Waals surface area contributed by atoms with E-state index in [1.165, 1.54) is 0 Å². The molecule has 0 bridgehead atoms. The van der Waals surface area contributed by atoms with Gasteiger partial charge in [-0.3, -0.25) is 4.79 Å². The highest BCUT2D eigenvalue weighted by Gasteiger charge is 2.35. The van der Waals surface area contributed by atoms with Gasteiger partial charge in [0, 0.05) is 31.0 Å². The van der Waals surface area contributed by atoms with Crippen LogP contribution >= 0.6 is 0 Å². The minimum atomic E-state index is -0.170. The van der Waals surface area contributed by atoms with E-state index >= 15 is 0 Å². The molecule has 0 atom stereocenters. The van der Waals surface area contributed by atoms with Crippen LogP contribution in [0.2, 0.25) is 0 Å². The molecule has 1 N–H and O–H groups in total. The summed E-state index contributed by atoms with van der Waals surface area (Å²) >= 11 is 0. The molecule has 1 aliphatic heterocycles. The molecule has 0 radical (unpaired) electrons. The number of hydrogen-bond acceptors (Lipinski definition) is 4. The Morgan fingerprint density at radius 1 is 1.37 bits per heavy atom. The molecule has 1 saturated heterocycles. The second kappa shape index (κ2) is 5.15. The molecule has 1 amide bonds. The van der Waals surface area contributed by atoms with Gasteiger partial charge in [0.1, 0.15) is 0 Å². The Morgan fingerprint density at radius 3 is 2.42 bits per heavy atom. The van der Waals surface area contributed by atoms with Crippen LogP contribution in [0.1, 0.15) is 33.3 Å². The lowest BCUT2D eigenvalue weighted by atomic mass is 9.97. The number of aryl methyl sites for hydroxylation is 1. The Labute approximate surface area is 114 Å². The van der Waals surface area contributed by atoms with Gasteiger partial charge < -0.3 is 10.2 Å². The van der Waals surface area contributed by atoms with Gasteiger partial charge in [-0.05, 0) is 32.8 Å². The molecular weight excluding hydrogens is 240 g/mol. The lowest BCUT2D eigenvalue weighted by molar-refractivity contribution is -0.127. The zero-order chi connectivity index (χ0) is 14.0. The highest BCUT2D eigenvalue weighted by Crippen LogP contribution is 2.21. The molecule has 5 heteroatoms. The van der Waals surface area contributed by atoms with Gasteiger partial charge in [0.2, 0.25) is 11.9 Å². The zero-order valence-corrected chi connectivity index (χ0v) is 12.1. The van der Waals surface area contributed by atoms with Crippen LogP contribution in [0.25, 0.3) is 0 Å². The van der Waals surface area contributed by atoms with Crippen LogP contribution in [0.15, 0.2) is 12.4 Å². The monoisotopic (exact) mass is 262 g/mol. The Balaban J connectivity index is 1.87. The van der Waals surface area contributed by atoms with Crippen LogP contribution in [0.3, 0.4) is 0 Å². The zero-order valence-electron chi connectivity index (χ0n) is 12.1. The molecule has 19 heavy (non-hydrogen) atoms. The lowest BCUT2D eigenvalue weighted by Crippen LogP contribution is -2.57. The fraction of sp³-hybridized carbons (Fsp3) is 0.643. The number of nitrogens with zero attached hydrogens (tertiary/aromatic N) is 3. The van der Waals surface area contributed by atoms with Crippen molar-refractivity contribution in [1.29, 1.82) is 0 Å². The molecule has 1 aliphatic rings. The summed E-state index contributed by atoms with van der Waals surface area (Å²) in [4.78, 5) is 22.6. The van der Waals surface area contributed by atoms with Gasteiger partial charge in [-0.2, -0.15) is 0 Å². The lowest BCUT2D eigenvalue weighted by Gasteiger charge is -2.39. The van der Waals surface area contributed by atoms with Crippen molar-refractivity contribution >= 4 is 11.9 Å². The normalized spacial score (nSPS) is 16.1. The SMILES string of the molecule is CCc1cnc(N2CC(C(=O)NC(C)(C)C)C2)nc1. The molecule has 104 valence electrons. The Morgan fingerprint density at radius 2 is 1.95 bits per heavy atom. The first kappa shape index (κ1) is 13.8. The summed E-state index contributed by atoms with van der Waals surface area (Å²) in [6.07, 6.45) is 4.65. The molecule has 0 aromatic carbocycles. The number of anilines is 1. The number of aromatic nitrogens is 2. The molecule has 5 nitrogen and oxygen atoms in total. The first-order valence-electron chi connectivity index (χ1n) is 6.77. The summed E-state index contributed by atoms with van der Waals surface area (Å²) in [5.41, 5.74) is 0.961. The molecule has 1 aromatic heterocycles. The largest absolute Gasteiger partial charge is 0.351 e. The third-order valence-corrected chi connectivity index (χ3v) is 3.13. The molecule has 0 unspecified atom stereocenters. The summed E-state index contributed by atoms with van der Waals surface area (Å²) in [5, 5.41) is 3.00. The molecule has 1 fully saturated rings. The van der Waals surface area contributed by atoms with E-state index in [9.17, 15) is 4.79 Å². The van der Waals surface area contributed by atoms with Crippen LogP contribution in [-0.4, -0.2) is 34.5 Å². The van der Waals surface area contributed by atoms with E-state index < -0.39 is 0 Å². The topological polar surface area (TPSA) is 58.1 Å². The van der Waals surface area contributed by atoms with Crippen molar-refractivity contribution < 1.29 is 4.79 Å². The Kier molecular flexibility index (Phi) is 3.73. The third-order valence-electron chi connectivity index (χ3n) is 3.13. The maximum atomic E-state index is 11.9. The summed E-state index contributed by atoms with van der Waals surface area (Å²) in [7, 11) is 0. The Hall–Kier alpha value is -1.65. The highest BCUT2D eigenvalue weighted by molar-refractivity contribution is 5.82. The highest BCUT2D eigenvalue weighted by atomic mass is 16.2. The molecular formula is C14H22N4O. The molecule has 2 heterocycles. The first-order chi connectivity index (χ1) is 8.89. The second-order valence-corrected chi connectivity index (χ2v) is 6.09. The minimum Gasteiger partial charge on any atom is -0.351 e. The van der Waals surface area contributed by atoms with E-state index in [2.05, 4.69) is 22.2 Å². The van der Waals surface area contributed by atoms with Gasteiger partial charge in [-0.25, -0.2) is 9.97 Å². The fourth-order valence-corrected chi connectivity index (χ4v) is 1.97. The maximum Gasteiger partial charge on any atom is 0.227 e. The summed E-state index contributed by atoms with van der Waals surface area (Å²) in [6.45, 7) is 9.46. The van der Waals surface area contributed by atoms with Crippen molar-refractivity contribution in [2.45, 2.75) is 39.7 Å². The molecule has 0 spiro atoms. The van der Waals surface area contributed by atoms with Gasteiger partial charge in [-0.15, -0.1) is 0 Å². The van der Waals surface area contributed by atoms with E-state index in [0.717, 1.165) is 17.9 Å². The predicted octanol–water partition coefficient (Wildman–Crippen LogP) is 1.39. The first-order valence-corrected chi connectivity index (χ1v) is 6.77. The summed E-state index contributed by atoms with van der Waals surface area (Å²) in [5.74, 6) is 0.889. The maximum absolute atomic E-state index is 11.9. The van der Waals surface area contributed by atoms with Crippen LogP contribution in [0.5, 0.6) is 0 Å². The van der Waals surface area contributed by atoms with Crippen molar-refractivity contribution in [3.05, 3.63) is 18.0 Å². The van der Waals surface area contributed by atoms with Crippen LogP contribution in [0.4, 0.5) is 5.95 Å². The van der Waals surface area contributed by atoms with Gasteiger partial charge in [-0.1, -0.05) is 6.92 Å². The number of carbonyl (C=O) groups excluding carboxylic acids is 1. The van der Waals surface area contributed by atoms with Crippen molar-refractivity contribution in [3.63, 3.8) is 0 Å². The summed E-state index contributed by atoms with van der Waals surface area (Å²) in [6, 6.07) is 0. The van der Waals surface area contributed by atoms with E-state index in [1.54, 1.807) is 0 Å².